The number of nitrogens with one attached hydrogen (secondary N) is 2. The molecule has 3 rings (SSSR count). The summed E-state index contributed by atoms with van der Waals surface area (Å²) in [4.78, 5) is 12.5. The number of benzene rings is 2. The predicted octanol–water partition coefficient (Wildman–Crippen LogP) is 3.99. The summed E-state index contributed by atoms with van der Waals surface area (Å²) >= 11 is 3.42. The van der Waals surface area contributed by atoms with E-state index in [4.69, 9.17) is 9.47 Å². The summed E-state index contributed by atoms with van der Waals surface area (Å²) in [5.41, 5.74) is 2.07. The van der Waals surface area contributed by atoms with Gasteiger partial charge in [-0.05, 0) is 53.2 Å². The minimum atomic E-state index is -0.236. The number of hydrogen-bond donors (Lipinski definition) is 2. The van der Waals surface area contributed by atoms with E-state index < -0.39 is 0 Å². The molecule has 0 bridgehead atoms. The lowest BCUT2D eigenvalue weighted by atomic mass is 10.1. The Morgan fingerprint density at radius 3 is 2.92 bits per heavy atom. The first-order chi connectivity index (χ1) is 11.6. The molecule has 24 heavy (non-hydrogen) atoms. The molecule has 6 nitrogen and oxygen atoms in total. The van der Waals surface area contributed by atoms with Gasteiger partial charge in [0.2, 0.25) is 0 Å². The van der Waals surface area contributed by atoms with Gasteiger partial charge in [-0.15, -0.1) is 0 Å². The average molecular weight is 390 g/mol. The molecule has 1 heterocycles. The first-order valence-electron chi connectivity index (χ1n) is 7.37. The Kier molecular flexibility index (Phi) is 4.71. The van der Waals surface area contributed by atoms with Crippen molar-refractivity contribution < 1.29 is 14.3 Å². The number of hydrogen-bond acceptors (Lipinski definition) is 4. The summed E-state index contributed by atoms with van der Waals surface area (Å²) in [6, 6.07) is 8.91. The highest BCUT2D eigenvalue weighted by Crippen LogP contribution is 2.36. The summed E-state index contributed by atoms with van der Waals surface area (Å²) in [6.07, 6.45) is 1.71. The van der Waals surface area contributed by atoms with E-state index in [-0.39, 0.29) is 5.91 Å². The van der Waals surface area contributed by atoms with Crippen LogP contribution in [0.2, 0.25) is 0 Å². The molecule has 2 N–H and O–H groups in total. The van der Waals surface area contributed by atoms with E-state index in [0.717, 1.165) is 10.9 Å². The number of rotatable bonds is 5. The molecule has 0 unspecified atom stereocenters. The number of nitrogens with zero attached hydrogens (tertiary/aromatic N) is 1. The van der Waals surface area contributed by atoms with E-state index >= 15 is 0 Å². The Balaban J connectivity index is 1.87. The van der Waals surface area contributed by atoms with Crippen molar-refractivity contribution in [3.8, 4) is 11.5 Å². The zero-order chi connectivity index (χ0) is 17.1. The first-order valence-corrected chi connectivity index (χ1v) is 8.16. The molecular weight excluding hydrogens is 374 g/mol. The summed E-state index contributed by atoms with van der Waals surface area (Å²) in [5.74, 6) is 0.845. The maximum atomic E-state index is 12.5. The molecule has 0 atom stereocenters. The summed E-state index contributed by atoms with van der Waals surface area (Å²) in [5, 5.41) is 10.6. The number of anilines is 1. The zero-order valence-corrected chi connectivity index (χ0v) is 14.8. The van der Waals surface area contributed by atoms with Crippen molar-refractivity contribution in [2.75, 3.05) is 19.0 Å². The van der Waals surface area contributed by atoms with E-state index in [1.54, 1.807) is 25.4 Å². The van der Waals surface area contributed by atoms with Crippen LogP contribution >= 0.6 is 15.9 Å². The fraction of sp³-hybridized carbons (Fsp3) is 0.176. The van der Waals surface area contributed by atoms with Crippen LogP contribution in [0.25, 0.3) is 10.9 Å². The molecule has 3 aromatic rings. The van der Waals surface area contributed by atoms with Crippen molar-refractivity contribution in [3.05, 3.63) is 46.6 Å². The SMILES string of the molecule is CCOc1c(Br)cc(C(=O)Nc2ccc3[nH]ncc3c2)cc1OC. The van der Waals surface area contributed by atoms with Crippen LogP contribution in [-0.2, 0) is 0 Å². The molecule has 0 aliphatic heterocycles. The lowest BCUT2D eigenvalue weighted by Crippen LogP contribution is -2.12. The fourth-order valence-electron chi connectivity index (χ4n) is 2.36. The lowest BCUT2D eigenvalue weighted by Gasteiger charge is -2.13. The van der Waals surface area contributed by atoms with Gasteiger partial charge in [0.05, 0.1) is 29.9 Å². The second-order valence-corrected chi connectivity index (χ2v) is 5.90. The number of carbonyl (C=O) groups is 1. The highest BCUT2D eigenvalue weighted by molar-refractivity contribution is 9.10. The molecule has 1 aromatic heterocycles. The van der Waals surface area contributed by atoms with Crippen molar-refractivity contribution in [2.45, 2.75) is 6.92 Å². The molecule has 0 saturated heterocycles. The second-order valence-electron chi connectivity index (χ2n) is 5.05. The average Bonchev–Trinajstić information content (AvgIpc) is 3.04. The predicted molar refractivity (Wildman–Crippen MR) is 95.9 cm³/mol. The number of carbonyl (C=O) groups excluding carboxylic acids is 1. The number of amides is 1. The maximum absolute atomic E-state index is 12.5. The second kappa shape index (κ2) is 6.92. The topological polar surface area (TPSA) is 76.2 Å². The largest absolute Gasteiger partial charge is 0.493 e. The quantitative estimate of drug-likeness (QED) is 0.691. The van der Waals surface area contributed by atoms with Gasteiger partial charge in [0, 0.05) is 16.6 Å². The molecule has 0 aliphatic rings. The fourth-order valence-corrected chi connectivity index (χ4v) is 2.92. The van der Waals surface area contributed by atoms with Crippen molar-refractivity contribution in [1.82, 2.24) is 10.2 Å². The van der Waals surface area contributed by atoms with Crippen molar-refractivity contribution in [1.29, 1.82) is 0 Å². The van der Waals surface area contributed by atoms with Crippen LogP contribution in [0.1, 0.15) is 17.3 Å². The molecule has 0 fully saturated rings. The Bertz CT molecular complexity index is 892. The Labute approximate surface area is 147 Å². The van der Waals surface area contributed by atoms with E-state index in [0.29, 0.717) is 33.8 Å². The normalized spacial score (nSPS) is 10.6. The van der Waals surface area contributed by atoms with Gasteiger partial charge < -0.3 is 14.8 Å². The maximum Gasteiger partial charge on any atom is 0.255 e. The molecule has 1 amide bonds. The van der Waals surface area contributed by atoms with E-state index in [1.165, 1.54) is 0 Å². The van der Waals surface area contributed by atoms with Crippen molar-refractivity contribution in [2.24, 2.45) is 0 Å². The highest BCUT2D eigenvalue weighted by atomic mass is 79.9. The van der Waals surface area contributed by atoms with Gasteiger partial charge in [0.1, 0.15) is 0 Å². The summed E-state index contributed by atoms with van der Waals surface area (Å²) < 4.78 is 11.5. The van der Waals surface area contributed by atoms with Gasteiger partial charge in [0.15, 0.2) is 11.5 Å². The van der Waals surface area contributed by atoms with Crippen LogP contribution in [-0.4, -0.2) is 29.8 Å². The van der Waals surface area contributed by atoms with Crippen LogP contribution in [0.4, 0.5) is 5.69 Å². The number of fused-ring (bicyclic) bond motifs is 1. The van der Waals surface area contributed by atoms with E-state index in [9.17, 15) is 4.79 Å². The molecule has 124 valence electrons. The molecule has 2 aromatic carbocycles. The third-order valence-corrected chi connectivity index (χ3v) is 4.07. The first kappa shape index (κ1) is 16.3. The standard InChI is InChI=1S/C17H16BrN3O3/c1-3-24-16-13(18)7-10(8-15(16)23-2)17(22)20-12-4-5-14-11(6-12)9-19-21-14/h4-9H,3H2,1-2H3,(H,19,21)(H,20,22). The number of methoxy groups -OCH3 is 1. The third-order valence-electron chi connectivity index (χ3n) is 3.48. The third kappa shape index (κ3) is 3.21. The van der Waals surface area contributed by atoms with Crippen LogP contribution in [0.5, 0.6) is 11.5 Å². The van der Waals surface area contributed by atoms with E-state index in [2.05, 4.69) is 31.4 Å². The lowest BCUT2D eigenvalue weighted by molar-refractivity contribution is 0.102. The summed E-state index contributed by atoms with van der Waals surface area (Å²) in [7, 11) is 1.54. The number of aromatic nitrogens is 2. The van der Waals surface area contributed by atoms with Crippen LogP contribution in [0.3, 0.4) is 0 Å². The van der Waals surface area contributed by atoms with Gasteiger partial charge in [-0.1, -0.05) is 0 Å². The monoisotopic (exact) mass is 389 g/mol. The zero-order valence-electron chi connectivity index (χ0n) is 13.2. The number of ether oxygens (including phenoxy) is 2. The Hall–Kier alpha value is -2.54. The molecule has 0 radical (unpaired) electrons. The van der Waals surface area contributed by atoms with Crippen LogP contribution < -0.4 is 14.8 Å². The smallest absolute Gasteiger partial charge is 0.255 e. The minimum Gasteiger partial charge on any atom is -0.493 e. The highest BCUT2D eigenvalue weighted by Gasteiger charge is 2.15. The van der Waals surface area contributed by atoms with Gasteiger partial charge in [-0.2, -0.15) is 5.10 Å². The summed E-state index contributed by atoms with van der Waals surface area (Å²) in [6.45, 7) is 2.39. The molecule has 0 saturated carbocycles. The van der Waals surface area contributed by atoms with Gasteiger partial charge >= 0.3 is 0 Å². The molecule has 0 aliphatic carbocycles. The molecule has 7 heteroatoms. The van der Waals surface area contributed by atoms with Crippen LogP contribution in [0, 0.1) is 0 Å². The van der Waals surface area contributed by atoms with Crippen LogP contribution in [0.15, 0.2) is 41.0 Å². The van der Waals surface area contributed by atoms with Crippen molar-refractivity contribution >= 4 is 38.4 Å². The minimum absolute atomic E-state index is 0.236. The number of aromatic amines is 1. The van der Waals surface area contributed by atoms with Gasteiger partial charge in [-0.3, -0.25) is 9.89 Å². The Morgan fingerprint density at radius 1 is 1.33 bits per heavy atom. The molecule has 0 spiro atoms. The Morgan fingerprint density at radius 2 is 2.17 bits per heavy atom. The van der Waals surface area contributed by atoms with E-state index in [1.807, 2.05) is 25.1 Å². The van der Waals surface area contributed by atoms with Crippen molar-refractivity contribution in [3.63, 3.8) is 0 Å². The number of H-pyrrole nitrogens is 1. The van der Waals surface area contributed by atoms with Gasteiger partial charge in [0.25, 0.3) is 5.91 Å². The number of halogens is 1. The molecular formula is C17H16BrN3O3. The van der Waals surface area contributed by atoms with Gasteiger partial charge in [-0.25, -0.2) is 0 Å².